The summed E-state index contributed by atoms with van der Waals surface area (Å²) in [5.74, 6) is -6.23. The van der Waals surface area contributed by atoms with Gasteiger partial charge in [-0.25, -0.2) is 4.79 Å². The molecule has 0 radical (unpaired) electrons. The van der Waals surface area contributed by atoms with Crippen LogP contribution in [0.25, 0.3) is 0 Å². The van der Waals surface area contributed by atoms with Crippen molar-refractivity contribution in [1.29, 1.82) is 0 Å². The lowest BCUT2D eigenvalue weighted by Crippen LogP contribution is -2.30. The number of alkyl halides is 2. The van der Waals surface area contributed by atoms with Gasteiger partial charge in [0.1, 0.15) is 11.5 Å². The van der Waals surface area contributed by atoms with Gasteiger partial charge in [0.25, 0.3) is 0 Å². The third-order valence-electron chi connectivity index (χ3n) is 2.02. The summed E-state index contributed by atoms with van der Waals surface area (Å²) in [6.45, 7) is 0. The summed E-state index contributed by atoms with van der Waals surface area (Å²) in [4.78, 5) is 10.2. The second kappa shape index (κ2) is 4.34. The van der Waals surface area contributed by atoms with Crippen molar-refractivity contribution in [3.05, 3.63) is 23.8 Å². The fraction of sp³-hybridized carbons (Fsp3) is 0.300. The van der Waals surface area contributed by atoms with Crippen molar-refractivity contribution in [3.8, 4) is 11.5 Å². The average Bonchev–Trinajstić information content (AvgIpc) is 2.20. The summed E-state index contributed by atoms with van der Waals surface area (Å²) in [6, 6.07) is 3.71. The van der Waals surface area contributed by atoms with Crippen LogP contribution in [0.4, 0.5) is 8.78 Å². The van der Waals surface area contributed by atoms with Crippen LogP contribution in [0, 0.1) is 0 Å². The Balaban J connectivity index is 2.94. The largest absolute Gasteiger partial charge is 0.508 e. The van der Waals surface area contributed by atoms with E-state index in [1.165, 1.54) is 19.2 Å². The topological polar surface area (TPSA) is 66.8 Å². The maximum atomic E-state index is 12.9. The molecule has 0 saturated carbocycles. The van der Waals surface area contributed by atoms with E-state index >= 15 is 0 Å². The lowest BCUT2D eigenvalue weighted by Gasteiger charge is -2.12. The molecule has 0 fully saturated rings. The standard InChI is InChI=1S/C10H10F2O4/c1-16-7-3-2-6(8(13)4-7)5-10(11,12)9(14)15/h2-4,13H,5H2,1H3,(H,14,15). The average molecular weight is 232 g/mol. The van der Waals surface area contributed by atoms with Gasteiger partial charge in [-0.3, -0.25) is 0 Å². The molecule has 16 heavy (non-hydrogen) atoms. The molecule has 1 rings (SSSR count). The number of hydrogen-bond donors (Lipinski definition) is 2. The Hall–Kier alpha value is -1.85. The zero-order valence-corrected chi connectivity index (χ0v) is 8.41. The monoisotopic (exact) mass is 232 g/mol. The quantitative estimate of drug-likeness (QED) is 0.828. The van der Waals surface area contributed by atoms with E-state index in [9.17, 15) is 18.7 Å². The van der Waals surface area contributed by atoms with Crippen molar-refractivity contribution >= 4 is 5.97 Å². The minimum atomic E-state index is -3.90. The molecule has 0 saturated heterocycles. The number of carboxylic acid groups (broad SMARTS) is 1. The first-order valence-electron chi connectivity index (χ1n) is 4.34. The van der Waals surface area contributed by atoms with E-state index in [0.29, 0.717) is 5.75 Å². The summed E-state index contributed by atoms with van der Waals surface area (Å²) >= 11 is 0. The molecule has 0 aromatic heterocycles. The van der Waals surface area contributed by atoms with E-state index in [-0.39, 0.29) is 5.56 Å². The number of benzene rings is 1. The van der Waals surface area contributed by atoms with Gasteiger partial charge >= 0.3 is 11.9 Å². The van der Waals surface area contributed by atoms with Gasteiger partial charge in [-0.15, -0.1) is 0 Å². The molecule has 0 atom stereocenters. The molecular weight excluding hydrogens is 222 g/mol. The van der Waals surface area contributed by atoms with Gasteiger partial charge in [0.05, 0.1) is 13.5 Å². The predicted molar refractivity (Wildman–Crippen MR) is 50.9 cm³/mol. The number of carboxylic acids is 1. The Morgan fingerprint density at radius 1 is 1.50 bits per heavy atom. The van der Waals surface area contributed by atoms with Crippen LogP contribution in [0.3, 0.4) is 0 Å². The number of rotatable bonds is 4. The number of hydrogen-bond acceptors (Lipinski definition) is 3. The maximum absolute atomic E-state index is 12.9. The van der Waals surface area contributed by atoms with Crippen molar-refractivity contribution in [1.82, 2.24) is 0 Å². The molecule has 0 unspecified atom stereocenters. The van der Waals surface area contributed by atoms with E-state index in [1.54, 1.807) is 0 Å². The molecule has 88 valence electrons. The molecular formula is C10H10F2O4. The lowest BCUT2D eigenvalue weighted by atomic mass is 10.1. The number of methoxy groups -OCH3 is 1. The molecule has 0 aliphatic heterocycles. The van der Waals surface area contributed by atoms with E-state index in [0.717, 1.165) is 6.07 Å². The molecule has 0 heterocycles. The Labute approximate surface area is 90.1 Å². The first-order chi connectivity index (χ1) is 7.36. The minimum absolute atomic E-state index is 0.145. The molecule has 1 aromatic carbocycles. The lowest BCUT2D eigenvalue weighted by molar-refractivity contribution is -0.164. The fourth-order valence-electron chi connectivity index (χ4n) is 1.13. The van der Waals surface area contributed by atoms with Gasteiger partial charge in [0.15, 0.2) is 0 Å². The highest BCUT2D eigenvalue weighted by Crippen LogP contribution is 2.29. The number of phenolic OH excluding ortho intramolecular Hbond substituents is 1. The number of aliphatic carboxylic acids is 1. The number of carbonyl (C=O) groups is 1. The minimum Gasteiger partial charge on any atom is -0.508 e. The van der Waals surface area contributed by atoms with Crippen LogP contribution in [0.1, 0.15) is 5.56 Å². The molecule has 0 bridgehead atoms. The third-order valence-corrected chi connectivity index (χ3v) is 2.02. The van der Waals surface area contributed by atoms with Gasteiger partial charge in [-0.05, 0) is 6.07 Å². The maximum Gasteiger partial charge on any atom is 0.374 e. The molecule has 0 aliphatic carbocycles. The van der Waals surface area contributed by atoms with Crippen molar-refractivity contribution in [3.63, 3.8) is 0 Å². The molecule has 2 N–H and O–H groups in total. The van der Waals surface area contributed by atoms with Crippen LogP contribution >= 0.6 is 0 Å². The van der Waals surface area contributed by atoms with Crippen LogP contribution in [-0.4, -0.2) is 29.2 Å². The predicted octanol–water partition coefficient (Wildman–Crippen LogP) is 1.66. The second-order valence-corrected chi connectivity index (χ2v) is 3.18. The summed E-state index contributed by atoms with van der Waals surface area (Å²) in [7, 11) is 1.36. The van der Waals surface area contributed by atoms with Crippen LogP contribution < -0.4 is 4.74 Å². The molecule has 0 aliphatic rings. The zero-order valence-electron chi connectivity index (χ0n) is 8.41. The van der Waals surface area contributed by atoms with Gasteiger partial charge in [0, 0.05) is 11.6 Å². The van der Waals surface area contributed by atoms with Crippen LogP contribution in [0.5, 0.6) is 11.5 Å². The Bertz CT molecular complexity index is 404. The fourth-order valence-corrected chi connectivity index (χ4v) is 1.13. The molecule has 0 spiro atoms. The number of halogens is 2. The van der Waals surface area contributed by atoms with Crippen molar-refractivity contribution in [2.45, 2.75) is 12.3 Å². The highest BCUT2D eigenvalue weighted by atomic mass is 19.3. The SMILES string of the molecule is COc1ccc(CC(F)(F)C(=O)O)c(O)c1. The molecule has 1 aromatic rings. The van der Waals surface area contributed by atoms with Crippen molar-refractivity contribution < 1.29 is 28.5 Å². The molecule has 4 nitrogen and oxygen atoms in total. The first kappa shape index (κ1) is 12.2. The van der Waals surface area contributed by atoms with Crippen molar-refractivity contribution in [2.24, 2.45) is 0 Å². The Morgan fingerprint density at radius 2 is 2.12 bits per heavy atom. The normalized spacial score (nSPS) is 11.2. The summed E-state index contributed by atoms with van der Waals surface area (Å²) in [5, 5.41) is 17.6. The number of aromatic hydroxyl groups is 1. The third kappa shape index (κ3) is 2.59. The zero-order chi connectivity index (χ0) is 12.3. The van der Waals surface area contributed by atoms with Crippen LogP contribution in [0.2, 0.25) is 0 Å². The van der Waals surface area contributed by atoms with E-state index in [4.69, 9.17) is 9.84 Å². The van der Waals surface area contributed by atoms with Crippen molar-refractivity contribution in [2.75, 3.05) is 7.11 Å². The van der Waals surface area contributed by atoms with Crippen LogP contribution in [0.15, 0.2) is 18.2 Å². The molecule has 0 amide bonds. The van der Waals surface area contributed by atoms with E-state index in [1.807, 2.05) is 0 Å². The Kier molecular flexibility index (Phi) is 3.31. The van der Waals surface area contributed by atoms with E-state index in [2.05, 4.69) is 0 Å². The molecule has 6 heteroatoms. The highest BCUT2D eigenvalue weighted by molar-refractivity contribution is 5.75. The van der Waals surface area contributed by atoms with E-state index < -0.39 is 24.1 Å². The summed E-state index contributed by atoms with van der Waals surface area (Å²) < 4.78 is 30.5. The van der Waals surface area contributed by atoms with Gasteiger partial charge in [-0.1, -0.05) is 6.07 Å². The number of ether oxygens (including phenoxy) is 1. The first-order valence-corrected chi connectivity index (χ1v) is 4.34. The van der Waals surface area contributed by atoms with Crippen LogP contribution in [-0.2, 0) is 11.2 Å². The number of phenols is 1. The van der Waals surface area contributed by atoms with Gasteiger partial charge in [-0.2, -0.15) is 8.78 Å². The summed E-state index contributed by atoms with van der Waals surface area (Å²) in [6.07, 6.45) is -1.06. The highest BCUT2D eigenvalue weighted by Gasteiger charge is 2.39. The summed E-state index contributed by atoms with van der Waals surface area (Å²) in [5.41, 5.74) is -0.145. The smallest absolute Gasteiger partial charge is 0.374 e. The Morgan fingerprint density at radius 3 is 2.56 bits per heavy atom. The van der Waals surface area contributed by atoms with Gasteiger partial charge in [0.2, 0.25) is 0 Å². The van der Waals surface area contributed by atoms with Gasteiger partial charge < -0.3 is 14.9 Å². The second-order valence-electron chi connectivity index (χ2n) is 3.18.